The van der Waals surface area contributed by atoms with E-state index in [1.54, 1.807) is 0 Å². The van der Waals surface area contributed by atoms with Gasteiger partial charge in [0.2, 0.25) is 0 Å². The number of hydrogen-bond acceptors (Lipinski definition) is 0. The minimum Gasteiger partial charge on any atom is -0.0616 e. The molecule has 0 spiro atoms. The van der Waals surface area contributed by atoms with Crippen LogP contribution < -0.4 is 0 Å². The molecule has 0 heteroatoms. The second kappa shape index (κ2) is 5.98. The lowest BCUT2D eigenvalue weighted by Gasteiger charge is -2.10. The number of fused-ring (bicyclic) bond motifs is 1. The second-order valence-corrected chi connectivity index (χ2v) is 6.42. The molecule has 116 valence electrons. The normalized spacial score (nSPS) is 10.9. The summed E-state index contributed by atoms with van der Waals surface area (Å²) in [6, 6.07) is 30.7. The Morgan fingerprint density at radius 3 is 1.67 bits per heavy atom. The number of aryl methyl sites for hydroxylation is 2. The maximum absolute atomic E-state index is 2.23. The first kappa shape index (κ1) is 14.7. The van der Waals surface area contributed by atoms with Crippen LogP contribution in [0.4, 0.5) is 0 Å². The molecule has 0 saturated heterocycles. The standard InChI is InChI=1S/C24H20/c1-17-7-10-19(11-8-17)20-12-14-21(15-13-20)23-16-9-18(2)22-5-3-4-6-24(22)23/h3-16H,1-2H3. The minimum atomic E-state index is 1.26. The maximum atomic E-state index is 2.23. The fourth-order valence-electron chi connectivity index (χ4n) is 3.29. The van der Waals surface area contributed by atoms with Crippen molar-refractivity contribution in [3.05, 3.63) is 96.1 Å². The molecular weight excluding hydrogens is 288 g/mol. The summed E-state index contributed by atoms with van der Waals surface area (Å²) in [5, 5.41) is 2.65. The molecule has 0 aliphatic heterocycles. The van der Waals surface area contributed by atoms with E-state index in [0.29, 0.717) is 0 Å². The number of benzene rings is 4. The fraction of sp³-hybridized carbons (Fsp3) is 0.0833. The summed E-state index contributed by atoms with van der Waals surface area (Å²) in [7, 11) is 0. The predicted molar refractivity (Wildman–Crippen MR) is 104 cm³/mol. The van der Waals surface area contributed by atoms with Gasteiger partial charge in [-0.1, -0.05) is 90.5 Å². The van der Waals surface area contributed by atoms with Crippen LogP contribution in [0.1, 0.15) is 11.1 Å². The maximum Gasteiger partial charge on any atom is -0.0103 e. The van der Waals surface area contributed by atoms with Crippen molar-refractivity contribution in [2.75, 3.05) is 0 Å². The third kappa shape index (κ3) is 2.61. The average Bonchev–Trinajstić information content (AvgIpc) is 2.63. The lowest BCUT2D eigenvalue weighted by Crippen LogP contribution is -1.85. The van der Waals surface area contributed by atoms with Gasteiger partial charge in [-0.05, 0) is 52.4 Å². The van der Waals surface area contributed by atoms with Crippen LogP contribution in [0, 0.1) is 13.8 Å². The first-order valence-electron chi connectivity index (χ1n) is 8.38. The van der Waals surface area contributed by atoms with Gasteiger partial charge in [-0.15, -0.1) is 0 Å². The zero-order valence-electron chi connectivity index (χ0n) is 14.1. The van der Waals surface area contributed by atoms with Crippen LogP contribution in [0.25, 0.3) is 33.0 Å². The van der Waals surface area contributed by atoms with Crippen molar-refractivity contribution in [2.45, 2.75) is 13.8 Å². The van der Waals surface area contributed by atoms with E-state index in [4.69, 9.17) is 0 Å². The molecule has 0 bridgehead atoms. The monoisotopic (exact) mass is 308 g/mol. The minimum absolute atomic E-state index is 1.26. The Kier molecular flexibility index (Phi) is 3.66. The van der Waals surface area contributed by atoms with Crippen LogP contribution in [0.2, 0.25) is 0 Å². The lowest BCUT2D eigenvalue weighted by molar-refractivity contribution is 1.47. The van der Waals surface area contributed by atoms with E-state index < -0.39 is 0 Å². The highest BCUT2D eigenvalue weighted by atomic mass is 14.1. The highest BCUT2D eigenvalue weighted by molar-refractivity contribution is 5.98. The molecule has 0 atom stereocenters. The molecule has 0 unspecified atom stereocenters. The molecule has 24 heavy (non-hydrogen) atoms. The van der Waals surface area contributed by atoms with Gasteiger partial charge in [0.25, 0.3) is 0 Å². The Balaban J connectivity index is 1.78. The van der Waals surface area contributed by atoms with Gasteiger partial charge in [-0.2, -0.15) is 0 Å². The molecule has 4 aromatic carbocycles. The highest BCUT2D eigenvalue weighted by Crippen LogP contribution is 2.32. The SMILES string of the molecule is Cc1ccc(-c2ccc(-c3ccc(C)c4ccccc34)cc2)cc1. The summed E-state index contributed by atoms with van der Waals surface area (Å²) in [5.74, 6) is 0. The van der Waals surface area contributed by atoms with Crippen LogP contribution >= 0.6 is 0 Å². The highest BCUT2D eigenvalue weighted by Gasteiger charge is 2.06. The molecule has 0 N–H and O–H groups in total. The summed E-state index contributed by atoms with van der Waals surface area (Å²) in [6.45, 7) is 4.29. The van der Waals surface area contributed by atoms with Crippen molar-refractivity contribution < 1.29 is 0 Å². The Labute approximate surface area is 143 Å². The first-order valence-corrected chi connectivity index (χ1v) is 8.38. The third-order valence-electron chi connectivity index (χ3n) is 4.72. The van der Waals surface area contributed by atoms with E-state index in [2.05, 4.69) is 98.8 Å². The van der Waals surface area contributed by atoms with Crippen LogP contribution in [0.3, 0.4) is 0 Å². The van der Waals surface area contributed by atoms with Crippen LogP contribution in [0.15, 0.2) is 84.9 Å². The quantitative estimate of drug-likeness (QED) is 0.382. The molecule has 0 aliphatic carbocycles. The van der Waals surface area contributed by atoms with Gasteiger partial charge in [0.15, 0.2) is 0 Å². The summed E-state index contributed by atoms with van der Waals surface area (Å²) < 4.78 is 0. The molecule has 0 aromatic heterocycles. The summed E-state index contributed by atoms with van der Waals surface area (Å²) in [5.41, 5.74) is 7.71. The average molecular weight is 308 g/mol. The van der Waals surface area contributed by atoms with E-state index in [-0.39, 0.29) is 0 Å². The van der Waals surface area contributed by atoms with E-state index in [1.165, 1.54) is 44.2 Å². The van der Waals surface area contributed by atoms with Crippen LogP contribution in [-0.2, 0) is 0 Å². The fourth-order valence-corrected chi connectivity index (χ4v) is 3.29. The molecule has 4 aromatic rings. The third-order valence-corrected chi connectivity index (χ3v) is 4.72. The van der Waals surface area contributed by atoms with Gasteiger partial charge in [0.1, 0.15) is 0 Å². The zero-order chi connectivity index (χ0) is 16.5. The summed E-state index contributed by atoms with van der Waals surface area (Å²) in [4.78, 5) is 0. The molecule has 0 radical (unpaired) electrons. The largest absolute Gasteiger partial charge is 0.0616 e. The van der Waals surface area contributed by atoms with E-state index in [0.717, 1.165) is 0 Å². The lowest BCUT2D eigenvalue weighted by atomic mass is 9.94. The molecular formula is C24H20. The van der Waals surface area contributed by atoms with Gasteiger partial charge in [-0.3, -0.25) is 0 Å². The smallest absolute Gasteiger partial charge is 0.0103 e. The van der Waals surface area contributed by atoms with E-state index in [1.807, 2.05) is 0 Å². The topological polar surface area (TPSA) is 0 Å². The summed E-state index contributed by atoms with van der Waals surface area (Å²) >= 11 is 0. The summed E-state index contributed by atoms with van der Waals surface area (Å²) in [6.07, 6.45) is 0. The first-order chi connectivity index (χ1) is 11.7. The van der Waals surface area contributed by atoms with Gasteiger partial charge < -0.3 is 0 Å². The van der Waals surface area contributed by atoms with Crippen molar-refractivity contribution in [1.82, 2.24) is 0 Å². The van der Waals surface area contributed by atoms with Crippen LogP contribution in [-0.4, -0.2) is 0 Å². The van der Waals surface area contributed by atoms with Crippen molar-refractivity contribution in [3.63, 3.8) is 0 Å². The van der Waals surface area contributed by atoms with Gasteiger partial charge in [0.05, 0.1) is 0 Å². The molecule has 0 saturated carbocycles. The molecule has 4 rings (SSSR count). The van der Waals surface area contributed by atoms with Gasteiger partial charge in [-0.25, -0.2) is 0 Å². The number of rotatable bonds is 2. The predicted octanol–water partition coefficient (Wildman–Crippen LogP) is 6.79. The van der Waals surface area contributed by atoms with Crippen LogP contribution in [0.5, 0.6) is 0 Å². The number of hydrogen-bond donors (Lipinski definition) is 0. The van der Waals surface area contributed by atoms with Gasteiger partial charge >= 0.3 is 0 Å². The van der Waals surface area contributed by atoms with Gasteiger partial charge in [0, 0.05) is 0 Å². The second-order valence-electron chi connectivity index (χ2n) is 6.42. The molecule has 0 aliphatic rings. The van der Waals surface area contributed by atoms with E-state index >= 15 is 0 Å². The van der Waals surface area contributed by atoms with Crippen molar-refractivity contribution >= 4 is 10.8 Å². The Hall–Kier alpha value is -2.86. The molecule has 0 heterocycles. The van der Waals surface area contributed by atoms with Crippen molar-refractivity contribution in [1.29, 1.82) is 0 Å². The Bertz CT molecular complexity index is 990. The zero-order valence-corrected chi connectivity index (χ0v) is 14.1. The Morgan fingerprint density at radius 1 is 0.458 bits per heavy atom. The molecule has 0 nitrogen and oxygen atoms in total. The van der Waals surface area contributed by atoms with Crippen molar-refractivity contribution in [2.24, 2.45) is 0 Å². The molecule has 0 amide bonds. The molecule has 0 fully saturated rings. The Morgan fingerprint density at radius 2 is 1.00 bits per heavy atom. The van der Waals surface area contributed by atoms with E-state index in [9.17, 15) is 0 Å². The van der Waals surface area contributed by atoms with Crippen molar-refractivity contribution in [3.8, 4) is 22.3 Å².